The number of non-ortho nitro benzene ring substituents is 1. The van der Waals surface area contributed by atoms with Gasteiger partial charge in [0.15, 0.2) is 10.8 Å². The molecular weight excluding hydrogens is 612 g/mol. The van der Waals surface area contributed by atoms with Crippen LogP contribution in [0.25, 0.3) is 0 Å². The first-order valence-corrected chi connectivity index (χ1v) is 13.9. The van der Waals surface area contributed by atoms with Crippen molar-refractivity contribution in [3.05, 3.63) is 51.0 Å². The number of nitro groups is 1. The number of halogens is 1. The molecule has 1 aromatic carbocycles. The predicted molar refractivity (Wildman–Crippen MR) is 151 cm³/mol. The van der Waals surface area contributed by atoms with Crippen molar-refractivity contribution < 1.29 is 43.2 Å². The summed E-state index contributed by atoms with van der Waals surface area (Å²) in [4.78, 5) is 81.2. The predicted octanol–water partition coefficient (Wildman–Crippen LogP) is 1.41. The van der Waals surface area contributed by atoms with Gasteiger partial charge in [0.1, 0.15) is 24.2 Å². The van der Waals surface area contributed by atoms with Crippen molar-refractivity contribution in [1.82, 2.24) is 15.6 Å². The number of anilines is 1. The van der Waals surface area contributed by atoms with E-state index >= 15 is 0 Å². The maximum atomic E-state index is 13.3. The number of aromatic nitrogens is 1. The summed E-state index contributed by atoms with van der Waals surface area (Å²) in [5.41, 5.74) is -1.85. The van der Waals surface area contributed by atoms with Gasteiger partial charge in [-0.2, -0.15) is 0 Å². The van der Waals surface area contributed by atoms with Crippen LogP contribution < -0.4 is 16.0 Å². The summed E-state index contributed by atoms with van der Waals surface area (Å²) in [6.45, 7) is 2.44. The van der Waals surface area contributed by atoms with Crippen LogP contribution in [0.3, 0.4) is 0 Å². The summed E-state index contributed by atoms with van der Waals surface area (Å²) in [6.07, 6.45) is 0.203. The number of oxime groups is 1. The summed E-state index contributed by atoms with van der Waals surface area (Å²) in [7, 11) is 1.23. The number of thiazole rings is 1. The Kier molecular flexibility index (Phi) is 11.1. The minimum Gasteiger partial charge on any atom is -0.469 e. The summed E-state index contributed by atoms with van der Waals surface area (Å²) < 4.78 is 9.86. The van der Waals surface area contributed by atoms with E-state index in [9.17, 15) is 34.1 Å². The Morgan fingerprint density at radius 1 is 1.23 bits per heavy atom. The molecule has 2 aromatic rings. The molecule has 0 spiro atoms. The third kappa shape index (κ3) is 8.92. The zero-order valence-electron chi connectivity index (χ0n) is 23.1. The van der Waals surface area contributed by atoms with E-state index in [1.165, 1.54) is 50.6 Å². The minimum atomic E-state index is -1.73. The molecule has 0 radical (unpaired) electrons. The molecule has 3 rings (SSSR count). The number of ether oxygens (including phenoxy) is 2. The molecule has 1 saturated heterocycles. The first kappa shape index (κ1) is 32.9. The minimum absolute atomic E-state index is 0.00374. The number of hydrogen-bond acceptors (Lipinski definition) is 13. The lowest BCUT2D eigenvalue weighted by atomic mass is 9.94. The quantitative estimate of drug-likeness (QED) is 0.0671. The Morgan fingerprint density at radius 3 is 2.53 bits per heavy atom. The van der Waals surface area contributed by atoms with E-state index in [-0.39, 0.29) is 41.8 Å². The second kappa shape index (κ2) is 14.5. The van der Waals surface area contributed by atoms with Crippen molar-refractivity contribution in [2.24, 2.45) is 5.16 Å². The molecule has 0 bridgehead atoms. The highest BCUT2D eigenvalue weighted by atomic mass is 35.5. The molecule has 18 heteroatoms. The van der Waals surface area contributed by atoms with Gasteiger partial charge in [-0.1, -0.05) is 5.16 Å². The van der Waals surface area contributed by atoms with Gasteiger partial charge in [-0.3, -0.25) is 29.3 Å². The molecule has 3 N–H and O–H groups in total. The largest absolute Gasteiger partial charge is 0.469 e. The van der Waals surface area contributed by atoms with Crippen molar-refractivity contribution in [3.63, 3.8) is 0 Å². The van der Waals surface area contributed by atoms with Gasteiger partial charge < -0.3 is 30.3 Å². The molecule has 2 heterocycles. The SMILES string of the molecule is COC(=O)CCC1NC(=O)C1NC(=O)/C(=N\OC(C)(C)C(=O)OCc1ccc([N+](=O)[O-])cc1)c1csc(NC(=O)CCl)n1. The van der Waals surface area contributed by atoms with E-state index < -0.39 is 58.0 Å². The van der Waals surface area contributed by atoms with Crippen molar-refractivity contribution in [2.75, 3.05) is 18.3 Å². The summed E-state index contributed by atoms with van der Waals surface area (Å²) >= 11 is 6.47. The van der Waals surface area contributed by atoms with Gasteiger partial charge in [-0.25, -0.2) is 9.78 Å². The molecule has 2 atom stereocenters. The molecule has 2 unspecified atom stereocenters. The molecule has 3 amide bonds. The monoisotopic (exact) mass is 638 g/mol. The molecule has 0 aliphatic carbocycles. The van der Waals surface area contributed by atoms with Crippen molar-refractivity contribution >= 4 is 69.1 Å². The highest BCUT2D eigenvalue weighted by Crippen LogP contribution is 2.20. The van der Waals surface area contributed by atoms with Crippen molar-refractivity contribution in [3.8, 4) is 0 Å². The number of methoxy groups -OCH3 is 1. The second-order valence-corrected chi connectivity index (χ2v) is 10.6. The van der Waals surface area contributed by atoms with Crippen molar-refractivity contribution in [1.29, 1.82) is 0 Å². The molecule has 1 aromatic heterocycles. The molecular formula is C25H27ClN6O10S. The lowest BCUT2D eigenvalue weighted by Gasteiger charge is -2.37. The lowest BCUT2D eigenvalue weighted by Crippen LogP contribution is -2.69. The van der Waals surface area contributed by atoms with E-state index in [1.807, 2.05) is 0 Å². The number of alkyl halides is 1. The third-order valence-electron chi connectivity index (χ3n) is 5.89. The zero-order valence-corrected chi connectivity index (χ0v) is 24.7. The first-order chi connectivity index (χ1) is 20.3. The summed E-state index contributed by atoms with van der Waals surface area (Å²) in [5, 5.41) is 23.7. The number of nitrogens with one attached hydrogen (secondary N) is 3. The van der Waals surface area contributed by atoms with E-state index in [1.54, 1.807) is 0 Å². The number of β-lactam (4-membered cyclic amide) rings is 1. The number of carbonyl (C=O) groups is 5. The Labute approximate surface area is 253 Å². The fraction of sp³-hybridized carbons (Fsp3) is 0.400. The Hall–Kier alpha value is -4.64. The van der Waals surface area contributed by atoms with Crippen LogP contribution in [0.5, 0.6) is 0 Å². The Balaban J connectivity index is 1.76. The zero-order chi connectivity index (χ0) is 31.7. The number of rotatable bonds is 14. The van der Waals surface area contributed by atoms with Gasteiger partial charge in [0, 0.05) is 23.9 Å². The number of esters is 2. The fourth-order valence-electron chi connectivity index (χ4n) is 3.46. The van der Waals surface area contributed by atoms with Gasteiger partial charge >= 0.3 is 11.9 Å². The van der Waals surface area contributed by atoms with E-state index in [4.69, 9.17) is 21.2 Å². The first-order valence-electron chi connectivity index (χ1n) is 12.5. The van der Waals surface area contributed by atoms with Crippen LogP contribution in [0.2, 0.25) is 0 Å². The van der Waals surface area contributed by atoms with Crippen LogP contribution in [-0.2, 0) is 44.9 Å². The van der Waals surface area contributed by atoms with Gasteiger partial charge in [-0.05, 0) is 38.0 Å². The van der Waals surface area contributed by atoms with Crippen LogP contribution in [0, 0.1) is 10.1 Å². The smallest absolute Gasteiger partial charge is 0.353 e. The van der Waals surface area contributed by atoms with Gasteiger partial charge in [0.2, 0.25) is 17.4 Å². The lowest BCUT2D eigenvalue weighted by molar-refractivity contribution is -0.384. The fourth-order valence-corrected chi connectivity index (χ4v) is 4.24. The van der Waals surface area contributed by atoms with Crippen LogP contribution in [-0.4, -0.2) is 76.0 Å². The number of nitrogens with zero attached hydrogens (tertiary/aromatic N) is 3. The number of benzene rings is 1. The molecule has 230 valence electrons. The normalized spacial score (nSPS) is 16.3. The molecule has 1 fully saturated rings. The van der Waals surface area contributed by atoms with E-state index in [0.717, 1.165) is 11.3 Å². The van der Waals surface area contributed by atoms with Crippen LogP contribution in [0.4, 0.5) is 10.8 Å². The molecule has 1 aliphatic heterocycles. The van der Waals surface area contributed by atoms with Gasteiger partial charge in [0.05, 0.1) is 18.1 Å². The van der Waals surface area contributed by atoms with Crippen LogP contribution >= 0.6 is 22.9 Å². The average molecular weight is 639 g/mol. The number of amides is 3. The van der Waals surface area contributed by atoms with Gasteiger partial charge in [0.25, 0.3) is 11.6 Å². The van der Waals surface area contributed by atoms with Crippen LogP contribution in [0.15, 0.2) is 34.8 Å². The van der Waals surface area contributed by atoms with Gasteiger partial charge in [-0.15, -0.1) is 22.9 Å². The number of nitro benzene ring substituents is 1. The maximum Gasteiger partial charge on any atom is 0.353 e. The molecule has 0 saturated carbocycles. The summed E-state index contributed by atoms with van der Waals surface area (Å²) in [6, 6.07) is 3.82. The molecule has 16 nitrogen and oxygen atoms in total. The molecule has 1 aliphatic rings. The van der Waals surface area contributed by atoms with E-state index in [2.05, 4.69) is 30.8 Å². The summed E-state index contributed by atoms with van der Waals surface area (Å²) in [5.74, 6) is -3.62. The topological polar surface area (TPSA) is 218 Å². The average Bonchev–Trinajstić information content (AvgIpc) is 3.44. The second-order valence-electron chi connectivity index (χ2n) is 9.44. The van der Waals surface area contributed by atoms with Crippen molar-refractivity contribution in [2.45, 2.75) is 51.0 Å². The Morgan fingerprint density at radius 2 is 1.93 bits per heavy atom. The number of carbonyl (C=O) groups excluding carboxylic acids is 5. The maximum absolute atomic E-state index is 13.3. The number of hydrogen-bond donors (Lipinski definition) is 3. The third-order valence-corrected chi connectivity index (χ3v) is 6.89. The standard InChI is InChI=1S/C25H27ClN6O10S/c1-25(2,23(37)41-11-13-4-6-14(7-5-13)32(38)39)42-31-20(16-12-43-24(28-16)29-17(33)10-26)22(36)30-19-15(27-21(19)35)8-9-18(34)40-3/h4-7,12,15,19H,8-11H2,1-3H3,(H,27,35)(H,30,36)(H,28,29,33)/b31-20-. The molecule has 43 heavy (non-hydrogen) atoms. The van der Waals surface area contributed by atoms with Crippen LogP contribution in [0.1, 0.15) is 37.9 Å². The Bertz CT molecular complexity index is 1430. The highest BCUT2D eigenvalue weighted by Gasteiger charge is 2.41. The van der Waals surface area contributed by atoms with E-state index in [0.29, 0.717) is 5.56 Å². The highest BCUT2D eigenvalue weighted by molar-refractivity contribution is 7.14.